The standard InChI is InChI=1S/C18H38N2O/c1-17(2,3)11-9-13-20-16(21)15(10-7-8-12-19)14-18(4,5)6/h15H,7-14,19H2,1-6H3,(H,20,21)/t15-/m1/s1. The van der Waals surface area contributed by atoms with E-state index >= 15 is 0 Å². The number of carbonyl (C=O) groups excluding carboxylic acids is 1. The topological polar surface area (TPSA) is 55.1 Å². The van der Waals surface area contributed by atoms with Gasteiger partial charge in [-0.1, -0.05) is 48.0 Å². The summed E-state index contributed by atoms with van der Waals surface area (Å²) in [6, 6.07) is 0. The van der Waals surface area contributed by atoms with Crippen LogP contribution in [0, 0.1) is 16.7 Å². The van der Waals surface area contributed by atoms with Crippen molar-refractivity contribution in [3.63, 3.8) is 0 Å². The molecular formula is C18H38N2O. The summed E-state index contributed by atoms with van der Waals surface area (Å²) in [4.78, 5) is 12.4. The predicted molar refractivity (Wildman–Crippen MR) is 92.2 cm³/mol. The fourth-order valence-electron chi connectivity index (χ4n) is 2.57. The molecule has 0 fully saturated rings. The summed E-state index contributed by atoms with van der Waals surface area (Å²) in [7, 11) is 0. The van der Waals surface area contributed by atoms with Crippen LogP contribution in [0.1, 0.15) is 80.1 Å². The molecule has 1 amide bonds. The molecule has 21 heavy (non-hydrogen) atoms. The van der Waals surface area contributed by atoms with Crippen molar-refractivity contribution in [3.8, 4) is 0 Å². The summed E-state index contributed by atoms with van der Waals surface area (Å²) in [5.74, 6) is 0.363. The Hall–Kier alpha value is -0.570. The van der Waals surface area contributed by atoms with Crippen LogP contribution < -0.4 is 11.1 Å². The third kappa shape index (κ3) is 12.9. The second-order valence-corrected chi connectivity index (χ2v) is 8.70. The molecule has 3 heteroatoms. The minimum Gasteiger partial charge on any atom is -0.356 e. The first-order valence-corrected chi connectivity index (χ1v) is 8.53. The first-order valence-electron chi connectivity index (χ1n) is 8.53. The monoisotopic (exact) mass is 298 g/mol. The molecule has 0 aromatic rings. The zero-order chi connectivity index (χ0) is 16.5. The molecule has 0 aliphatic carbocycles. The maximum atomic E-state index is 12.4. The SMILES string of the molecule is CC(C)(C)CCCNC(=O)[C@H](CCCCN)CC(C)(C)C. The molecule has 3 N–H and O–H groups in total. The highest BCUT2D eigenvalue weighted by atomic mass is 16.1. The molecule has 1 atom stereocenters. The molecule has 3 nitrogen and oxygen atoms in total. The van der Waals surface area contributed by atoms with Crippen molar-refractivity contribution in [2.24, 2.45) is 22.5 Å². The molecule has 0 spiro atoms. The third-order valence-electron chi connectivity index (χ3n) is 3.64. The number of carbonyl (C=O) groups is 1. The molecular weight excluding hydrogens is 260 g/mol. The second-order valence-electron chi connectivity index (χ2n) is 8.70. The average molecular weight is 299 g/mol. The Morgan fingerprint density at radius 3 is 2.10 bits per heavy atom. The zero-order valence-corrected chi connectivity index (χ0v) is 15.2. The molecule has 0 saturated carbocycles. The van der Waals surface area contributed by atoms with Crippen LogP contribution >= 0.6 is 0 Å². The van der Waals surface area contributed by atoms with Gasteiger partial charge in [0.25, 0.3) is 0 Å². The van der Waals surface area contributed by atoms with Gasteiger partial charge in [0.2, 0.25) is 5.91 Å². The van der Waals surface area contributed by atoms with E-state index in [1.54, 1.807) is 0 Å². The van der Waals surface area contributed by atoms with Gasteiger partial charge in [-0.3, -0.25) is 4.79 Å². The van der Waals surface area contributed by atoms with E-state index in [4.69, 9.17) is 5.73 Å². The molecule has 0 aromatic carbocycles. The van der Waals surface area contributed by atoms with Gasteiger partial charge in [-0.25, -0.2) is 0 Å². The van der Waals surface area contributed by atoms with E-state index in [-0.39, 0.29) is 17.2 Å². The maximum Gasteiger partial charge on any atom is 0.223 e. The number of amides is 1. The van der Waals surface area contributed by atoms with Crippen molar-refractivity contribution < 1.29 is 4.79 Å². The Morgan fingerprint density at radius 1 is 1.00 bits per heavy atom. The molecule has 0 bridgehead atoms. The van der Waals surface area contributed by atoms with Gasteiger partial charge in [-0.15, -0.1) is 0 Å². The van der Waals surface area contributed by atoms with Gasteiger partial charge >= 0.3 is 0 Å². The van der Waals surface area contributed by atoms with Crippen LogP contribution in [0.5, 0.6) is 0 Å². The van der Waals surface area contributed by atoms with E-state index < -0.39 is 0 Å². The molecule has 0 rings (SSSR count). The summed E-state index contributed by atoms with van der Waals surface area (Å²) >= 11 is 0. The molecule has 0 aliphatic heterocycles. The number of nitrogens with two attached hydrogens (primary N) is 1. The highest BCUT2D eigenvalue weighted by Crippen LogP contribution is 2.27. The number of hydrogen-bond donors (Lipinski definition) is 2. The zero-order valence-electron chi connectivity index (χ0n) is 15.2. The quantitative estimate of drug-likeness (QED) is 0.629. The number of unbranched alkanes of at least 4 members (excludes halogenated alkanes) is 1. The van der Waals surface area contributed by atoms with E-state index in [1.807, 2.05) is 0 Å². The lowest BCUT2D eigenvalue weighted by Crippen LogP contribution is -2.34. The smallest absolute Gasteiger partial charge is 0.223 e. The maximum absolute atomic E-state index is 12.4. The summed E-state index contributed by atoms with van der Waals surface area (Å²) in [6.07, 6.45) is 6.16. The van der Waals surface area contributed by atoms with Crippen molar-refractivity contribution in [2.45, 2.75) is 80.1 Å². The average Bonchev–Trinajstić information content (AvgIpc) is 2.30. The van der Waals surface area contributed by atoms with Gasteiger partial charge < -0.3 is 11.1 Å². The summed E-state index contributed by atoms with van der Waals surface area (Å²) in [5, 5.41) is 3.13. The molecule has 0 radical (unpaired) electrons. The van der Waals surface area contributed by atoms with Gasteiger partial charge in [0.1, 0.15) is 0 Å². The van der Waals surface area contributed by atoms with E-state index in [9.17, 15) is 4.79 Å². The lowest BCUT2D eigenvalue weighted by Gasteiger charge is -2.25. The molecule has 0 saturated heterocycles. The molecule has 0 aromatic heterocycles. The lowest BCUT2D eigenvalue weighted by molar-refractivity contribution is -0.126. The van der Waals surface area contributed by atoms with Crippen molar-refractivity contribution in [3.05, 3.63) is 0 Å². The van der Waals surface area contributed by atoms with Gasteiger partial charge in [-0.2, -0.15) is 0 Å². The Morgan fingerprint density at radius 2 is 1.62 bits per heavy atom. The fraction of sp³-hybridized carbons (Fsp3) is 0.944. The van der Waals surface area contributed by atoms with Crippen molar-refractivity contribution in [1.82, 2.24) is 5.32 Å². The molecule has 0 aliphatic rings. The van der Waals surface area contributed by atoms with Crippen LogP contribution in [0.2, 0.25) is 0 Å². The highest BCUT2D eigenvalue weighted by molar-refractivity contribution is 5.78. The van der Waals surface area contributed by atoms with Gasteiger partial charge in [0.05, 0.1) is 0 Å². The van der Waals surface area contributed by atoms with Crippen LogP contribution in [-0.4, -0.2) is 19.0 Å². The van der Waals surface area contributed by atoms with Crippen molar-refractivity contribution in [1.29, 1.82) is 0 Å². The Balaban J connectivity index is 4.23. The molecule has 0 heterocycles. The summed E-state index contributed by atoms with van der Waals surface area (Å²) in [6.45, 7) is 14.8. The van der Waals surface area contributed by atoms with Gasteiger partial charge in [0, 0.05) is 12.5 Å². The first-order chi connectivity index (χ1) is 9.55. The lowest BCUT2D eigenvalue weighted by atomic mass is 9.82. The summed E-state index contributed by atoms with van der Waals surface area (Å²) < 4.78 is 0. The normalized spacial score (nSPS) is 14.0. The highest BCUT2D eigenvalue weighted by Gasteiger charge is 2.24. The van der Waals surface area contributed by atoms with E-state index in [1.165, 1.54) is 0 Å². The van der Waals surface area contributed by atoms with Crippen LogP contribution in [0.3, 0.4) is 0 Å². The van der Waals surface area contributed by atoms with E-state index in [2.05, 4.69) is 46.9 Å². The fourth-order valence-corrected chi connectivity index (χ4v) is 2.57. The predicted octanol–water partition coefficient (Wildman–Crippen LogP) is 4.11. The third-order valence-corrected chi connectivity index (χ3v) is 3.64. The van der Waals surface area contributed by atoms with Crippen LogP contribution in [0.4, 0.5) is 0 Å². The molecule has 0 unspecified atom stereocenters. The van der Waals surface area contributed by atoms with Crippen LogP contribution in [0.15, 0.2) is 0 Å². The Labute approximate surface area is 132 Å². The Kier molecular flexibility index (Phi) is 9.19. The number of nitrogens with one attached hydrogen (secondary N) is 1. The largest absolute Gasteiger partial charge is 0.356 e. The van der Waals surface area contributed by atoms with Crippen LogP contribution in [0.25, 0.3) is 0 Å². The minimum absolute atomic E-state index is 0.131. The first kappa shape index (κ1) is 20.4. The van der Waals surface area contributed by atoms with Crippen LogP contribution in [-0.2, 0) is 4.79 Å². The van der Waals surface area contributed by atoms with E-state index in [0.717, 1.165) is 51.6 Å². The Bertz CT molecular complexity index is 287. The van der Waals surface area contributed by atoms with E-state index in [0.29, 0.717) is 5.41 Å². The van der Waals surface area contributed by atoms with Crippen molar-refractivity contribution >= 4 is 5.91 Å². The number of hydrogen-bond acceptors (Lipinski definition) is 2. The van der Waals surface area contributed by atoms with Gasteiger partial charge in [-0.05, 0) is 49.5 Å². The second kappa shape index (κ2) is 9.45. The minimum atomic E-state index is 0.131. The summed E-state index contributed by atoms with van der Waals surface area (Å²) in [5.41, 5.74) is 6.09. The van der Waals surface area contributed by atoms with Gasteiger partial charge in [0.15, 0.2) is 0 Å². The number of rotatable bonds is 9. The van der Waals surface area contributed by atoms with Crippen molar-refractivity contribution in [2.75, 3.05) is 13.1 Å². The molecule has 126 valence electrons.